The van der Waals surface area contributed by atoms with Crippen molar-refractivity contribution in [2.75, 3.05) is 31.2 Å². The number of aryl methyl sites for hydroxylation is 1. The van der Waals surface area contributed by atoms with E-state index in [4.69, 9.17) is 9.57 Å². The van der Waals surface area contributed by atoms with Crippen LogP contribution in [0.2, 0.25) is 0 Å². The van der Waals surface area contributed by atoms with E-state index in [9.17, 15) is 13.2 Å². The van der Waals surface area contributed by atoms with Gasteiger partial charge in [-0.2, -0.15) is 5.10 Å². The molecule has 0 aliphatic carbocycles. The summed E-state index contributed by atoms with van der Waals surface area (Å²) >= 11 is 0. The van der Waals surface area contributed by atoms with Gasteiger partial charge in [-0.3, -0.25) is 0 Å². The second-order valence-corrected chi connectivity index (χ2v) is 8.07. The Labute approximate surface area is 199 Å². The number of aromatic nitrogens is 3. The molecule has 1 fully saturated rings. The van der Waals surface area contributed by atoms with E-state index in [2.05, 4.69) is 42.3 Å². The summed E-state index contributed by atoms with van der Waals surface area (Å²) in [6, 6.07) is 13.6. The van der Waals surface area contributed by atoms with E-state index in [1.165, 1.54) is 24.3 Å². The fourth-order valence-corrected chi connectivity index (χ4v) is 3.88. The fourth-order valence-electron chi connectivity index (χ4n) is 3.88. The monoisotopic (exact) mass is 488 g/mol. The topological polar surface area (TPSA) is 86.0 Å². The SMILES string of the molecule is Cc1nc(C2N=C(c3ccc(OC(F)(F)F)cc3)ON2)nn1Cc1cccc(N2CCOCC2)c1. The molecule has 12 heteroatoms. The predicted octanol–water partition coefficient (Wildman–Crippen LogP) is 3.35. The predicted molar refractivity (Wildman–Crippen MR) is 120 cm³/mol. The van der Waals surface area contributed by atoms with Crippen LogP contribution in [0.15, 0.2) is 53.5 Å². The Kier molecular flexibility index (Phi) is 6.31. The first-order chi connectivity index (χ1) is 16.8. The lowest BCUT2D eigenvalue weighted by atomic mass is 10.2. The molecule has 3 aromatic rings. The Balaban J connectivity index is 1.27. The molecule has 0 spiro atoms. The minimum Gasteiger partial charge on any atom is -0.406 e. The lowest BCUT2D eigenvalue weighted by Crippen LogP contribution is -2.36. The summed E-state index contributed by atoms with van der Waals surface area (Å²) in [5.74, 6) is 1.05. The molecule has 0 radical (unpaired) electrons. The van der Waals surface area contributed by atoms with Crippen molar-refractivity contribution in [3.05, 3.63) is 71.3 Å². The van der Waals surface area contributed by atoms with Gasteiger partial charge in [-0.1, -0.05) is 12.1 Å². The molecule has 0 saturated carbocycles. The lowest BCUT2D eigenvalue weighted by molar-refractivity contribution is -0.274. The minimum absolute atomic E-state index is 0.223. The van der Waals surface area contributed by atoms with Crippen LogP contribution in [0, 0.1) is 6.92 Å². The van der Waals surface area contributed by atoms with E-state index >= 15 is 0 Å². The molecule has 1 aromatic heterocycles. The average molecular weight is 488 g/mol. The van der Waals surface area contributed by atoms with Crippen molar-refractivity contribution in [1.82, 2.24) is 20.2 Å². The highest BCUT2D eigenvalue weighted by atomic mass is 19.4. The molecule has 2 aliphatic rings. The second kappa shape index (κ2) is 9.55. The summed E-state index contributed by atoms with van der Waals surface area (Å²) in [5, 5.41) is 4.59. The van der Waals surface area contributed by atoms with Crippen LogP contribution in [-0.4, -0.2) is 53.3 Å². The van der Waals surface area contributed by atoms with Gasteiger partial charge in [0.05, 0.1) is 19.8 Å². The molecular weight excluding hydrogens is 465 g/mol. The Hall–Kier alpha value is -3.64. The van der Waals surface area contributed by atoms with Crippen LogP contribution in [0.25, 0.3) is 0 Å². The van der Waals surface area contributed by atoms with Gasteiger partial charge in [0.1, 0.15) is 11.6 Å². The molecule has 0 amide bonds. The van der Waals surface area contributed by atoms with Crippen LogP contribution in [0.5, 0.6) is 5.75 Å². The summed E-state index contributed by atoms with van der Waals surface area (Å²) in [6.07, 6.45) is -5.39. The number of hydrogen-bond acceptors (Lipinski definition) is 8. The molecule has 1 atom stereocenters. The van der Waals surface area contributed by atoms with Gasteiger partial charge in [-0.25, -0.2) is 14.7 Å². The number of hydroxylamine groups is 1. The summed E-state index contributed by atoms with van der Waals surface area (Å²) in [7, 11) is 0. The highest BCUT2D eigenvalue weighted by Gasteiger charge is 2.31. The van der Waals surface area contributed by atoms with Crippen molar-refractivity contribution < 1.29 is 27.5 Å². The third-order valence-corrected chi connectivity index (χ3v) is 5.59. The molecule has 5 rings (SSSR count). The molecule has 9 nitrogen and oxygen atoms in total. The maximum absolute atomic E-state index is 12.4. The number of anilines is 1. The minimum atomic E-state index is -4.75. The summed E-state index contributed by atoms with van der Waals surface area (Å²) in [5.41, 5.74) is 5.49. The van der Waals surface area contributed by atoms with Gasteiger partial charge >= 0.3 is 6.36 Å². The number of benzene rings is 2. The number of halogens is 3. The van der Waals surface area contributed by atoms with E-state index in [1.54, 1.807) is 4.68 Å². The molecule has 35 heavy (non-hydrogen) atoms. The van der Waals surface area contributed by atoms with Crippen LogP contribution < -0.4 is 15.1 Å². The van der Waals surface area contributed by atoms with Gasteiger partial charge in [0.2, 0.25) is 5.90 Å². The van der Waals surface area contributed by atoms with Crippen molar-refractivity contribution in [3.8, 4) is 5.75 Å². The fraction of sp³-hybridized carbons (Fsp3) is 0.348. The first-order valence-corrected chi connectivity index (χ1v) is 11.0. The van der Waals surface area contributed by atoms with Crippen molar-refractivity contribution in [1.29, 1.82) is 0 Å². The number of rotatable bonds is 6. The van der Waals surface area contributed by atoms with Gasteiger partial charge in [-0.05, 0) is 48.9 Å². The first kappa shape index (κ1) is 23.1. The van der Waals surface area contributed by atoms with E-state index in [-0.39, 0.29) is 11.6 Å². The molecule has 1 N–H and O–H groups in total. The van der Waals surface area contributed by atoms with Gasteiger partial charge in [0, 0.05) is 24.3 Å². The number of nitrogens with one attached hydrogen (secondary N) is 1. The van der Waals surface area contributed by atoms with Crippen LogP contribution in [-0.2, 0) is 16.1 Å². The second-order valence-electron chi connectivity index (χ2n) is 8.07. The molecule has 184 valence electrons. The maximum Gasteiger partial charge on any atom is 0.573 e. The van der Waals surface area contributed by atoms with Crippen molar-refractivity contribution in [3.63, 3.8) is 0 Å². The molecule has 3 heterocycles. The van der Waals surface area contributed by atoms with E-state index < -0.39 is 12.5 Å². The number of nitrogens with zero attached hydrogens (tertiary/aromatic N) is 5. The van der Waals surface area contributed by atoms with Crippen molar-refractivity contribution in [2.24, 2.45) is 4.99 Å². The van der Waals surface area contributed by atoms with Crippen molar-refractivity contribution in [2.45, 2.75) is 26.0 Å². The third kappa shape index (κ3) is 5.54. The Bertz CT molecular complexity index is 1210. The molecule has 1 unspecified atom stereocenters. The molecule has 2 aliphatic heterocycles. The zero-order chi connectivity index (χ0) is 24.4. The van der Waals surface area contributed by atoms with Crippen LogP contribution in [0.4, 0.5) is 18.9 Å². The lowest BCUT2D eigenvalue weighted by Gasteiger charge is -2.29. The van der Waals surface area contributed by atoms with E-state index in [1.807, 2.05) is 19.1 Å². The Morgan fingerprint density at radius 2 is 1.89 bits per heavy atom. The van der Waals surface area contributed by atoms with Crippen LogP contribution in [0.1, 0.15) is 28.9 Å². The number of morpholine rings is 1. The van der Waals surface area contributed by atoms with Crippen LogP contribution in [0.3, 0.4) is 0 Å². The van der Waals surface area contributed by atoms with E-state index in [0.29, 0.717) is 17.9 Å². The summed E-state index contributed by atoms with van der Waals surface area (Å²) in [6.45, 7) is 5.58. The smallest absolute Gasteiger partial charge is 0.406 e. The normalized spacial score (nSPS) is 18.3. The number of ether oxygens (including phenoxy) is 2. The molecule has 0 bridgehead atoms. The number of alkyl halides is 3. The summed E-state index contributed by atoms with van der Waals surface area (Å²) < 4.78 is 48.2. The zero-order valence-corrected chi connectivity index (χ0v) is 18.8. The molecule has 1 saturated heterocycles. The summed E-state index contributed by atoms with van der Waals surface area (Å²) in [4.78, 5) is 16.7. The quantitative estimate of drug-likeness (QED) is 0.570. The number of aliphatic imine (C=N–C) groups is 1. The van der Waals surface area contributed by atoms with Gasteiger partial charge in [0.25, 0.3) is 0 Å². The van der Waals surface area contributed by atoms with Gasteiger partial charge in [-0.15, -0.1) is 18.7 Å². The highest BCUT2D eigenvalue weighted by molar-refractivity contribution is 5.94. The number of hydrogen-bond donors (Lipinski definition) is 1. The highest BCUT2D eigenvalue weighted by Crippen LogP contribution is 2.25. The molecule has 2 aromatic carbocycles. The average Bonchev–Trinajstić information content (AvgIpc) is 3.47. The van der Waals surface area contributed by atoms with Gasteiger partial charge < -0.3 is 19.2 Å². The Morgan fingerprint density at radius 3 is 2.63 bits per heavy atom. The van der Waals surface area contributed by atoms with Crippen LogP contribution >= 0.6 is 0 Å². The van der Waals surface area contributed by atoms with E-state index in [0.717, 1.165) is 43.4 Å². The first-order valence-electron chi connectivity index (χ1n) is 11.0. The Morgan fingerprint density at radius 1 is 1.11 bits per heavy atom. The maximum atomic E-state index is 12.4. The zero-order valence-electron chi connectivity index (χ0n) is 18.8. The van der Waals surface area contributed by atoms with Gasteiger partial charge in [0.15, 0.2) is 12.0 Å². The third-order valence-electron chi connectivity index (χ3n) is 5.59. The molecular formula is C23H23F3N6O3. The van der Waals surface area contributed by atoms with Crippen molar-refractivity contribution >= 4 is 11.6 Å². The standard InChI is InChI=1S/C23H23F3N6O3/c1-15-27-20(21-28-22(35-30-21)17-5-7-19(8-6-17)34-23(24,25)26)29-32(15)14-16-3-2-4-18(13-16)31-9-11-33-12-10-31/h2-8,13,21,30H,9-12,14H2,1H3. The largest absolute Gasteiger partial charge is 0.573 e.